The Bertz CT molecular complexity index is 3160. The number of hydrogen-bond acceptors (Lipinski definition) is 28. The van der Waals surface area contributed by atoms with Gasteiger partial charge in [0.1, 0.15) is 144 Å². The number of fused-ring (bicyclic) bond motifs is 2. The van der Waals surface area contributed by atoms with E-state index >= 15 is 0 Å². The standard InChI is InChI=1S/C51H52O29/c52-19-3-1-17(2-4-19)28-12-25(56)37-24(55)9-21(10-30(37)75-28)74-50-46(69)43(66)40(63)33(79-50)15-72-36(60)13-35(59)71-14-32-39(62)42(65)45(68)49(78-32)73-16-34-41(64)44(67)47(70)51(80-34)77-31-11-22-23(54)7-20(53)8-29(22)76-48(31)18-5-26(57)38(61)27(58)6-18/h1-12,32-34,39-55,57-58,61-70H,13-16H2/p+1. The lowest BCUT2D eigenvalue weighted by Gasteiger charge is -2.43. The molecule has 0 aliphatic carbocycles. The minimum absolute atomic E-state index is 0.00493. The fourth-order valence-corrected chi connectivity index (χ4v) is 9.01. The van der Waals surface area contributed by atoms with Crippen molar-refractivity contribution in [3.63, 3.8) is 0 Å². The van der Waals surface area contributed by atoms with E-state index in [0.29, 0.717) is 5.56 Å². The third kappa shape index (κ3) is 11.8. The van der Waals surface area contributed by atoms with Crippen molar-refractivity contribution in [1.82, 2.24) is 0 Å². The molecule has 0 amide bonds. The lowest BCUT2D eigenvalue weighted by Crippen LogP contribution is -2.61. The monoisotopic (exact) mass is 1130 g/mol. The van der Waals surface area contributed by atoms with Gasteiger partial charge in [-0.05, 0) is 36.4 Å². The van der Waals surface area contributed by atoms with Crippen LogP contribution in [0.15, 0.2) is 81.7 Å². The fourth-order valence-electron chi connectivity index (χ4n) is 9.01. The summed E-state index contributed by atoms with van der Waals surface area (Å²) in [5.41, 5.74) is -0.471. The molecule has 1 aromatic heterocycles. The summed E-state index contributed by atoms with van der Waals surface area (Å²) >= 11 is 0. The largest absolute Gasteiger partial charge is 0.571 e. The van der Waals surface area contributed by atoms with Gasteiger partial charge in [0.25, 0.3) is 11.9 Å². The number of aliphatic hydroxyl groups excluding tert-OH is 9. The number of ether oxygens (including phenoxy) is 9. The number of carbonyl (C=O) groups is 2. The average molecular weight is 1130 g/mol. The molecule has 5 aromatic rings. The van der Waals surface area contributed by atoms with Gasteiger partial charge in [0.2, 0.25) is 12.6 Å². The van der Waals surface area contributed by atoms with Crippen LogP contribution in [-0.4, -0.2) is 210 Å². The molecule has 4 aromatic carbocycles. The molecule has 0 radical (unpaired) electrons. The summed E-state index contributed by atoms with van der Waals surface area (Å²) in [6, 6.07) is 13.1. The summed E-state index contributed by atoms with van der Waals surface area (Å²) in [5, 5.41) is 168. The number of benzene rings is 4. The fraction of sp³-hybridized carbons (Fsp3) is 0.392. The lowest BCUT2D eigenvalue weighted by atomic mass is 9.98. The molecule has 16 unspecified atom stereocenters. The summed E-state index contributed by atoms with van der Waals surface area (Å²) in [5.74, 6) is -7.00. The van der Waals surface area contributed by atoms with E-state index in [1.54, 1.807) is 0 Å². The van der Waals surface area contributed by atoms with E-state index in [1.807, 2.05) is 0 Å². The zero-order valence-corrected chi connectivity index (χ0v) is 41.0. The Morgan fingerprint density at radius 1 is 0.537 bits per heavy atom. The van der Waals surface area contributed by atoms with Gasteiger partial charge >= 0.3 is 11.9 Å². The molecular weight excluding hydrogens is 1080 g/mol. The van der Waals surface area contributed by atoms with Gasteiger partial charge in [-0.25, -0.2) is 0 Å². The Kier molecular flexibility index (Phi) is 16.5. The predicted molar refractivity (Wildman–Crippen MR) is 259 cm³/mol. The molecule has 430 valence electrons. The van der Waals surface area contributed by atoms with Crippen molar-refractivity contribution < 1.29 is 138 Å². The van der Waals surface area contributed by atoms with Gasteiger partial charge in [0.15, 0.2) is 34.7 Å². The van der Waals surface area contributed by atoms with Crippen molar-refractivity contribution >= 4 is 29.0 Å². The van der Waals surface area contributed by atoms with Crippen LogP contribution < -0.4 is 10.2 Å². The SMILES string of the molecule is O=C(CC(=O)OCC1OC(Oc2cc(O)c3c(=O)cc(-c4ccc(O)cc4)oc3c2)C(O)C(O)C1O)OCC1OC(OCC2OC(OC3=Cc4c(O)cc(O)cc4[OH+]C3c3cc(O)c(O)c(O)c3)C(O)C(O)C2O)C(O)C(O)C1O. The van der Waals surface area contributed by atoms with Crippen molar-refractivity contribution in [1.29, 1.82) is 0 Å². The Morgan fingerprint density at radius 2 is 1.07 bits per heavy atom. The number of phenolic OH excluding ortho intramolecular Hbond substituents is 7. The molecule has 3 fully saturated rings. The van der Waals surface area contributed by atoms with Crippen molar-refractivity contribution in [2.75, 3.05) is 19.8 Å². The van der Waals surface area contributed by atoms with E-state index in [0.717, 1.165) is 30.3 Å². The minimum Gasteiger partial charge on any atom is -0.571 e. The maximum absolute atomic E-state index is 12.9. The molecule has 16 atom stereocenters. The van der Waals surface area contributed by atoms with E-state index in [1.165, 1.54) is 42.5 Å². The van der Waals surface area contributed by atoms with Crippen LogP contribution >= 0.6 is 0 Å². The highest BCUT2D eigenvalue weighted by Gasteiger charge is 2.50. The first-order valence-electron chi connectivity index (χ1n) is 24.1. The number of aromatic hydroxyl groups is 8. The zero-order chi connectivity index (χ0) is 57.6. The van der Waals surface area contributed by atoms with Gasteiger partial charge in [-0.3, -0.25) is 14.4 Å². The second kappa shape index (κ2) is 23.1. The van der Waals surface area contributed by atoms with Gasteiger partial charge < -0.3 is 129 Å². The number of hydrogen-bond donors (Lipinski definition) is 16. The highest BCUT2D eigenvalue weighted by Crippen LogP contribution is 2.48. The summed E-state index contributed by atoms with van der Waals surface area (Å²) in [6.45, 7) is -2.56. The Hall–Kier alpha value is -7.75. The molecular formula is C51H53O29+. The van der Waals surface area contributed by atoms with Crippen LogP contribution in [0, 0.1) is 0 Å². The van der Waals surface area contributed by atoms with Gasteiger partial charge in [-0.15, -0.1) is 0 Å². The average Bonchev–Trinajstić information content (AvgIpc) is 3.53. The molecule has 9 rings (SSSR count). The quantitative estimate of drug-likeness (QED) is 0.0228. The zero-order valence-electron chi connectivity index (χ0n) is 41.0. The van der Waals surface area contributed by atoms with Gasteiger partial charge in [0, 0.05) is 35.9 Å². The van der Waals surface area contributed by atoms with Crippen LogP contribution in [0.2, 0.25) is 0 Å². The van der Waals surface area contributed by atoms with Crippen LogP contribution in [0.25, 0.3) is 28.4 Å². The number of esters is 2. The third-order valence-corrected chi connectivity index (χ3v) is 13.3. The number of aliphatic hydroxyl groups is 10. The Morgan fingerprint density at radius 3 is 1.66 bits per heavy atom. The van der Waals surface area contributed by atoms with E-state index in [2.05, 4.69) is 4.74 Å². The maximum atomic E-state index is 12.9. The van der Waals surface area contributed by atoms with E-state index in [4.69, 9.17) is 42.3 Å². The van der Waals surface area contributed by atoms with Crippen LogP contribution in [-0.2, 0) is 42.7 Å². The first kappa shape index (κ1) is 57.0. The van der Waals surface area contributed by atoms with E-state index < -0.39 is 176 Å². The van der Waals surface area contributed by atoms with Gasteiger partial charge in [-0.2, -0.15) is 0 Å². The summed E-state index contributed by atoms with van der Waals surface area (Å²) in [7, 11) is 0. The minimum atomic E-state index is -2.04. The number of phenols is 7. The molecule has 4 aliphatic heterocycles. The molecule has 29 nitrogen and oxygen atoms in total. The molecule has 3 saturated heterocycles. The predicted octanol–water partition coefficient (Wildman–Crippen LogP) is -2.25. The normalized spacial score (nSPS) is 30.3. The molecule has 5 heterocycles. The van der Waals surface area contributed by atoms with Gasteiger partial charge in [0.05, 0.1) is 18.2 Å². The first-order valence-corrected chi connectivity index (χ1v) is 24.1. The summed E-state index contributed by atoms with van der Waals surface area (Å²) in [6.07, 6.45) is -29.6. The molecule has 0 saturated carbocycles. The van der Waals surface area contributed by atoms with Crippen molar-refractivity contribution in [2.45, 2.75) is 105 Å². The molecule has 17 N–H and O–H groups in total. The second-order valence-electron chi connectivity index (χ2n) is 18.9. The lowest BCUT2D eigenvalue weighted by molar-refractivity contribution is -0.328. The van der Waals surface area contributed by atoms with Crippen LogP contribution in [0.1, 0.15) is 23.7 Å². The second-order valence-corrected chi connectivity index (χ2v) is 18.9. The van der Waals surface area contributed by atoms with Crippen LogP contribution in [0.4, 0.5) is 0 Å². The van der Waals surface area contributed by atoms with E-state index in [9.17, 15) is 96.1 Å². The van der Waals surface area contributed by atoms with Crippen molar-refractivity contribution in [3.05, 3.63) is 93.8 Å². The molecule has 29 heteroatoms. The molecule has 4 aliphatic rings. The van der Waals surface area contributed by atoms with Crippen LogP contribution in [0.3, 0.4) is 0 Å². The van der Waals surface area contributed by atoms with Crippen molar-refractivity contribution in [2.24, 2.45) is 0 Å². The third-order valence-electron chi connectivity index (χ3n) is 13.3. The summed E-state index contributed by atoms with van der Waals surface area (Å²) in [4.78, 5) is 38.5. The summed E-state index contributed by atoms with van der Waals surface area (Å²) < 4.78 is 54.4. The Labute approximate surface area is 447 Å². The number of carbonyl (C=O) groups excluding carboxylic acids is 2. The highest BCUT2D eigenvalue weighted by molar-refractivity contribution is 5.91. The molecule has 0 bridgehead atoms. The molecule has 80 heavy (non-hydrogen) atoms. The number of rotatable bonds is 15. The Balaban J connectivity index is 0.786. The van der Waals surface area contributed by atoms with Crippen LogP contribution in [0.5, 0.6) is 51.7 Å². The maximum Gasteiger partial charge on any atom is 0.317 e. The smallest absolute Gasteiger partial charge is 0.317 e. The topological polar surface area (TPSA) is 475 Å². The first-order chi connectivity index (χ1) is 37.9. The highest BCUT2D eigenvalue weighted by atomic mass is 16.7. The molecule has 0 spiro atoms. The van der Waals surface area contributed by atoms with Crippen molar-refractivity contribution in [3.8, 4) is 63.1 Å². The van der Waals surface area contributed by atoms with Gasteiger partial charge in [-0.1, -0.05) is 0 Å². The van der Waals surface area contributed by atoms with E-state index in [-0.39, 0.29) is 50.9 Å².